The van der Waals surface area contributed by atoms with Crippen LogP contribution in [0.4, 0.5) is 0 Å². The minimum atomic E-state index is -3.94. The Morgan fingerprint density at radius 1 is 1.12 bits per heavy atom. The zero-order chi connectivity index (χ0) is 23.8. The van der Waals surface area contributed by atoms with Crippen molar-refractivity contribution >= 4 is 26.9 Å². The molecule has 1 aliphatic rings. The van der Waals surface area contributed by atoms with E-state index in [-0.39, 0.29) is 28.7 Å². The van der Waals surface area contributed by atoms with Gasteiger partial charge in [-0.05, 0) is 55.7 Å². The van der Waals surface area contributed by atoms with Crippen LogP contribution in [-0.2, 0) is 21.3 Å². The largest absolute Gasteiger partial charge is 0.497 e. The van der Waals surface area contributed by atoms with Gasteiger partial charge >= 0.3 is 0 Å². The Balaban J connectivity index is 1.74. The van der Waals surface area contributed by atoms with Crippen LogP contribution in [0.5, 0.6) is 5.75 Å². The third-order valence-corrected chi connectivity index (χ3v) is 7.61. The van der Waals surface area contributed by atoms with Crippen LogP contribution in [0.25, 0.3) is 11.0 Å². The highest BCUT2D eigenvalue weighted by Gasteiger charge is 2.30. The number of furan rings is 1. The number of fused-ring (bicyclic) bond motifs is 1. The molecule has 2 heterocycles. The van der Waals surface area contributed by atoms with Crippen molar-refractivity contribution in [2.45, 2.75) is 32.2 Å². The lowest BCUT2D eigenvalue weighted by Gasteiger charge is -2.26. The zero-order valence-electron chi connectivity index (χ0n) is 19.2. The first kappa shape index (κ1) is 23.3. The van der Waals surface area contributed by atoms with E-state index >= 15 is 0 Å². The molecule has 1 fully saturated rings. The number of nitrogens with zero attached hydrogens (tertiary/aromatic N) is 1. The fourth-order valence-electron chi connectivity index (χ4n) is 4.01. The van der Waals surface area contributed by atoms with Gasteiger partial charge in [-0.25, -0.2) is 13.1 Å². The fraction of sp³-hybridized carbons (Fsp3) is 0.375. The van der Waals surface area contributed by atoms with Crippen LogP contribution in [0, 0.1) is 20.8 Å². The highest BCUT2D eigenvalue weighted by molar-refractivity contribution is 7.89. The molecular formula is C24H28N2O6S. The van der Waals surface area contributed by atoms with Crippen LogP contribution in [0.1, 0.15) is 32.8 Å². The van der Waals surface area contributed by atoms with Gasteiger partial charge in [0.1, 0.15) is 10.6 Å². The highest BCUT2D eigenvalue weighted by Crippen LogP contribution is 2.35. The summed E-state index contributed by atoms with van der Waals surface area (Å²) in [4.78, 5) is 14.8. The van der Waals surface area contributed by atoms with E-state index in [4.69, 9.17) is 13.9 Å². The molecule has 0 radical (unpaired) electrons. The molecular weight excluding hydrogens is 444 g/mol. The van der Waals surface area contributed by atoms with Crippen molar-refractivity contribution in [3.8, 4) is 5.75 Å². The second kappa shape index (κ2) is 9.17. The van der Waals surface area contributed by atoms with Crippen LogP contribution in [0.3, 0.4) is 0 Å². The maximum Gasteiger partial charge on any atom is 0.290 e. The molecule has 8 nitrogen and oxygen atoms in total. The molecule has 1 saturated heterocycles. The van der Waals surface area contributed by atoms with Gasteiger partial charge in [0.05, 0.1) is 20.3 Å². The summed E-state index contributed by atoms with van der Waals surface area (Å²) >= 11 is 0. The Morgan fingerprint density at radius 2 is 1.85 bits per heavy atom. The van der Waals surface area contributed by atoms with Crippen LogP contribution >= 0.6 is 0 Å². The fourth-order valence-corrected chi connectivity index (χ4v) is 5.47. The average molecular weight is 473 g/mol. The van der Waals surface area contributed by atoms with Gasteiger partial charge in [-0.3, -0.25) is 4.79 Å². The number of hydrogen-bond acceptors (Lipinski definition) is 6. The van der Waals surface area contributed by atoms with Gasteiger partial charge in [-0.15, -0.1) is 0 Å². The SMILES string of the molecule is COc1cccc(CNS(=O)(=O)c2c(C)c(C)cc3c(C)c(C(=O)N4CCOCC4)oc23)c1. The number of hydrogen-bond donors (Lipinski definition) is 1. The third-order valence-electron chi connectivity index (χ3n) is 6.05. The van der Waals surface area contributed by atoms with E-state index in [1.54, 1.807) is 44.1 Å². The first-order valence-corrected chi connectivity index (χ1v) is 12.2. The maximum absolute atomic E-state index is 13.4. The summed E-state index contributed by atoms with van der Waals surface area (Å²) in [6.07, 6.45) is 0. The number of morpholine rings is 1. The van der Waals surface area contributed by atoms with Gasteiger partial charge in [0.25, 0.3) is 5.91 Å². The predicted octanol–water partition coefficient (Wildman–Crippen LogP) is 3.32. The number of amides is 1. The molecule has 0 aliphatic carbocycles. The smallest absolute Gasteiger partial charge is 0.290 e. The number of benzene rings is 2. The van der Waals surface area contributed by atoms with Crippen LogP contribution < -0.4 is 9.46 Å². The first-order valence-electron chi connectivity index (χ1n) is 10.8. The Bertz CT molecular complexity index is 1310. The molecule has 1 aliphatic heterocycles. The quantitative estimate of drug-likeness (QED) is 0.591. The summed E-state index contributed by atoms with van der Waals surface area (Å²) in [6, 6.07) is 9.07. The summed E-state index contributed by atoms with van der Waals surface area (Å²) in [6.45, 7) is 7.36. The molecule has 3 aromatic rings. The number of aryl methyl sites for hydroxylation is 2. The van der Waals surface area contributed by atoms with E-state index in [1.165, 1.54) is 0 Å². The minimum absolute atomic E-state index is 0.0597. The van der Waals surface area contributed by atoms with Gasteiger partial charge in [0.15, 0.2) is 11.3 Å². The number of carbonyl (C=O) groups is 1. The minimum Gasteiger partial charge on any atom is -0.497 e. The molecule has 33 heavy (non-hydrogen) atoms. The second-order valence-electron chi connectivity index (χ2n) is 8.16. The number of sulfonamides is 1. The summed E-state index contributed by atoms with van der Waals surface area (Å²) in [5, 5.41) is 0.622. The number of carbonyl (C=O) groups excluding carboxylic acids is 1. The highest BCUT2D eigenvalue weighted by atomic mass is 32.2. The van der Waals surface area contributed by atoms with Gasteiger partial charge in [0.2, 0.25) is 10.0 Å². The number of nitrogens with one attached hydrogen (secondary N) is 1. The molecule has 4 rings (SSSR count). The molecule has 0 spiro atoms. The van der Waals surface area contributed by atoms with Gasteiger partial charge in [0, 0.05) is 30.6 Å². The number of ether oxygens (including phenoxy) is 2. The lowest BCUT2D eigenvalue weighted by Crippen LogP contribution is -2.40. The number of rotatable bonds is 6. The normalized spacial score (nSPS) is 14.6. The summed E-state index contributed by atoms with van der Waals surface area (Å²) in [5.74, 6) is 0.560. The molecule has 0 atom stereocenters. The first-order chi connectivity index (χ1) is 15.7. The molecule has 9 heteroatoms. The average Bonchev–Trinajstić information content (AvgIpc) is 3.14. The molecule has 2 aromatic carbocycles. The summed E-state index contributed by atoms with van der Waals surface area (Å²) in [5.41, 5.74) is 2.98. The Labute approximate surface area is 193 Å². The van der Waals surface area contributed by atoms with Crippen molar-refractivity contribution in [1.82, 2.24) is 9.62 Å². The molecule has 176 valence electrons. The molecule has 1 N–H and O–H groups in total. The van der Waals surface area contributed by atoms with Crippen molar-refractivity contribution in [1.29, 1.82) is 0 Å². The zero-order valence-corrected chi connectivity index (χ0v) is 20.0. The maximum atomic E-state index is 13.4. The van der Waals surface area contributed by atoms with Gasteiger partial charge in [-0.2, -0.15) is 0 Å². The lowest BCUT2D eigenvalue weighted by atomic mass is 10.0. The predicted molar refractivity (Wildman–Crippen MR) is 124 cm³/mol. The Hall–Kier alpha value is -2.88. The second-order valence-corrected chi connectivity index (χ2v) is 9.86. The van der Waals surface area contributed by atoms with Crippen molar-refractivity contribution in [3.05, 3.63) is 58.3 Å². The van der Waals surface area contributed by atoms with E-state index in [2.05, 4.69) is 4.72 Å². The standard InChI is InChI=1S/C24H28N2O6S/c1-15-12-20-17(3)21(24(27)26-8-10-31-11-9-26)32-22(20)23(16(15)2)33(28,29)25-14-18-6-5-7-19(13-18)30-4/h5-7,12-13,25H,8-11,14H2,1-4H3. The Kier molecular flexibility index (Phi) is 6.47. The van der Waals surface area contributed by atoms with E-state index in [9.17, 15) is 13.2 Å². The third kappa shape index (κ3) is 4.48. The van der Waals surface area contributed by atoms with E-state index in [0.717, 1.165) is 11.1 Å². The van der Waals surface area contributed by atoms with E-state index < -0.39 is 10.0 Å². The lowest BCUT2D eigenvalue weighted by molar-refractivity contribution is 0.0283. The molecule has 1 aromatic heterocycles. The van der Waals surface area contributed by atoms with Crippen LogP contribution in [-0.4, -0.2) is 52.6 Å². The van der Waals surface area contributed by atoms with Gasteiger partial charge < -0.3 is 18.8 Å². The van der Waals surface area contributed by atoms with Crippen molar-refractivity contribution in [2.75, 3.05) is 33.4 Å². The number of methoxy groups -OCH3 is 1. The molecule has 0 unspecified atom stereocenters. The van der Waals surface area contributed by atoms with Crippen LogP contribution in [0.15, 0.2) is 39.6 Å². The van der Waals surface area contributed by atoms with E-state index in [0.29, 0.717) is 48.6 Å². The van der Waals surface area contributed by atoms with Crippen LogP contribution in [0.2, 0.25) is 0 Å². The Morgan fingerprint density at radius 3 is 2.55 bits per heavy atom. The van der Waals surface area contributed by atoms with Crippen molar-refractivity contribution in [3.63, 3.8) is 0 Å². The van der Waals surface area contributed by atoms with Crippen molar-refractivity contribution in [2.24, 2.45) is 0 Å². The summed E-state index contributed by atoms with van der Waals surface area (Å²) < 4.78 is 46.0. The monoisotopic (exact) mass is 472 g/mol. The molecule has 0 bridgehead atoms. The topological polar surface area (TPSA) is 98.1 Å². The van der Waals surface area contributed by atoms with Crippen molar-refractivity contribution < 1.29 is 27.1 Å². The van der Waals surface area contributed by atoms with Gasteiger partial charge in [-0.1, -0.05) is 12.1 Å². The summed E-state index contributed by atoms with van der Waals surface area (Å²) in [7, 11) is -2.38. The van der Waals surface area contributed by atoms with E-state index in [1.807, 2.05) is 19.1 Å². The molecule has 0 saturated carbocycles. The molecule has 1 amide bonds.